The molecule has 0 spiro atoms. The SMILES string of the molecule is O=C(O)C=Cc1ccc(C(=C(c2ccccc2)C2CCC2)c2ccc3[nH]ncc3n2)cc1. The zero-order valence-electron chi connectivity index (χ0n) is 17.5. The van der Waals surface area contributed by atoms with Crippen molar-refractivity contribution in [1.29, 1.82) is 0 Å². The van der Waals surface area contributed by atoms with E-state index in [4.69, 9.17) is 10.1 Å². The van der Waals surface area contributed by atoms with Crippen molar-refractivity contribution in [3.05, 3.63) is 101 Å². The summed E-state index contributed by atoms with van der Waals surface area (Å²) in [5, 5.41) is 16.0. The molecule has 1 fully saturated rings. The summed E-state index contributed by atoms with van der Waals surface area (Å²) in [6.45, 7) is 0. The summed E-state index contributed by atoms with van der Waals surface area (Å²) in [5.41, 5.74) is 8.24. The largest absolute Gasteiger partial charge is 0.478 e. The van der Waals surface area contributed by atoms with E-state index in [9.17, 15) is 4.79 Å². The Morgan fingerprint density at radius 3 is 2.44 bits per heavy atom. The number of aromatic nitrogens is 3. The molecule has 0 radical (unpaired) electrons. The van der Waals surface area contributed by atoms with Gasteiger partial charge in [0, 0.05) is 11.6 Å². The number of pyridine rings is 1. The van der Waals surface area contributed by atoms with Gasteiger partial charge in [-0.1, -0.05) is 61.0 Å². The van der Waals surface area contributed by atoms with Gasteiger partial charge in [-0.2, -0.15) is 5.10 Å². The van der Waals surface area contributed by atoms with Gasteiger partial charge >= 0.3 is 5.97 Å². The van der Waals surface area contributed by atoms with Gasteiger partial charge in [0.25, 0.3) is 0 Å². The van der Waals surface area contributed by atoms with Crippen LogP contribution in [0.1, 0.15) is 41.6 Å². The molecule has 1 saturated carbocycles. The molecule has 0 unspecified atom stereocenters. The number of benzene rings is 2. The van der Waals surface area contributed by atoms with Crippen molar-refractivity contribution in [2.24, 2.45) is 5.92 Å². The number of carbonyl (C=O) groups is 1. The molecule has 2 aromatic carbocycles. The monoisotopic (exact) mass is 421 g/mol. The third-order valence-electron chi connectivity index (χ3n) is 6.04. The van der Waals surface area contributed by atoms with Crippen molar-refractivity contribution < 1.29 is 9.90 Å². The smallest absolute Gasteiger partial charge is 0.328 e. The number of aromatic amines is 1. The van der Waals surface area contributed by atoms with Crippen LogP contribution in [0.5, 0.6) is 0 Å². The quantitative estimate of drug-likeness (QED) is 0.304. The number of nitrogens with zero attached hydrogens (tertiary/aromatic N) is 2. The van der Waals surface area contributed by atoms with E-state index in [1.54, 1.807) is 12.3 Å². The second-order valence-electron chi connectivity index (χ2n) is 8.08. The van der Waals surface area contributed by atoms with Crippen LogP contribution in [0.25, 0.3) is 28.3 Å². The third-order valence-corrected chi connectivity index (χ3v) is 6.04. The summed E-state index contributed by atoms with van der Waals surface area (Å²) >= 11 is 0. The number of carboxylic acids is 1. The van der Waals surface area contributed by atoms with Crippen LogP contribution >= 0.6 is 0 Å². The zero-order valence-corrected chi connectivity index (χ0v) is 17.5. The van der Waals surface area contributed by atoms with Crippen LogP contribution in [-0.4, -0.2) is 26.3 Å². The first kappa shape index (κ1) is 19.9. The Morgan fingerprint density at radius 1 is 0.969 bits per heavy atom. The molecule has 158 valence electrons. The van der Waals surface area contributed by atoms with Crippen LogP contribution in [0.2, 0.25) is 0 Å². The van der Waals surface area contributed by atoms with Crippen molar-refractivity contribution in [2.45, 2.75) is 19.3 Å². The number of H-pyrrole nitrogens is 1. The molecule has 0 saturated heterocycles. The van der Waals surface area contributed by atoms with E-state index in [2.05, 4.69) is 52.7 Å². The molecule has 5 heteroatoms. The number of rotatable bonds is 6. The van der Waals surface area contributed by atoms with E-state index >= 15 is 0 Å². The van der Waals surface area contributed by atoms with Crippen LogP contribution in [0.3, 0.4) is 0 Å². The van der Waals surface area contributed by atoms with E-state index in [1.165, 1.54) is 30.4 Å². The average Bonchev–Trinajstić information content (AvgIpc) is 3.25. The zero-order chi connectivity index (χ0) is 21.9. The lowest BCUT2D eigenvalue weighted by Crippen LogP contribution is -2.15. The highest BCUT2D eigenvalue weighted by Gasteiger charge is 2.27. The van der Waals surface area contributed by atoms with Crippen LogP contribution < -0.4 is 0 Å². The lowest BCUT2D eigenvalue weighted by atomic mass is 9.73. The number of hydrogen-bond acceptors (Lipinski definition) is 3. The first-order chi connectivity index (χ1) is 15.7. The average molecular weight is 422 g/mol. The van der Waals surface area contributed by atoms with Gasteiger partial charge in [-0.3, -0.25) is 5.10 Å². The summed E-state index contributed by atoms with van der Waals surface area (Å²) in [6.07, 6.45) is 8.09. The number of hydrogen-bond donors (Lipinski definition) is 2. The minimum Gasteiger partial charge on any atom is -0.478 e. The maximum absolute atomic E-state index is 10.9. The van der Waals surface area contributed by atoms with Crippen molar-refractivity contribution in [3.63, 3.8) is 0 Å². The fraction of sp³-hybridized carbons (Fsp3) is 0.148. The highest BCUT2D eigenvalue weighted by Crippen LogP contribution is 2.44. The van der Waals surface area contributed by atoms with Crippen LogP contribution in [0.4, 0.5) is 0 Å². The van der Waals surface area contributed by atoms with Gasteiger partial charge in [-0.25, -0.2) is 9.78 Å². The summed E-state index contributed by atoms with van der Waals surface area (Å²) in [4.78, 5) is 15.8. The molecular weight excluding hydrogens is 398 g/mol. The lowest BCUT2D eigenvalue weighted by Gasteiger charge is -2.31. The third kappa shape index (κ3) is 3.97. The highest BCUT2D eigenvalue weighted by atomic mass is 16.4. The van der Waals surface area contributed by atoms with Crippen LogP contribution in [0.15, 0.2) is 79.0 Å². The Balaban J connectivity index is 1.71. The molecule has 4 aromatic rings. The fourth-order valence-corrected chi connectivity index (χ4v) is 4.24. The molecule has 1 aliphatic rings. The minimum atomic E-state index is -0.955. The lowest BCUT2D eigenvalue weighted by molar-refractivity contribution is -0.131. The number of allylic oxidation sites excluding steroid dienone is 1. The molecule has 32 heavy (non-hydrogen) atoms. The van der Waals surface area contributed by atoms with Crippen molar-refractivity contribution >= 4 is 34.2 Å². The molecule has 0 amide bonds. The molecule has 5 rings (SSSR count). The molecule has 1 aliphatic carbocycles. The fourth-order valence-electron chi connectivity index (χ4n) is 4.24. The molecule has 2 N–H and O–H groups in total. The van der Waals surface area contributed by atoms with E-state index in [1.807, 2.05) is 24.3 Å². The summed E-state index contributed by atoms with van der Waals surface area (Å²) < 4.78 is 0. The Kier molecular flexibility index (Phi) is 5.38. The Morgan fingerprint density at radius 2 is 1.75 bits per heavy atom. The number of nitrogens with one attached hydrogen (secondary N) is 1. The van der Waals surface area contributed by atoms with Gasteiger partial charge in [-0.05, 0) is 59.2 Å². The predicted molar refractivity (Wildman–Crippen MR) is 127 cm³/mol. The second-order valence-corrected chi connectivity index (χ2v) is 8.08. The molecule has 2 aromatic heterocycles. The molecule has 0 aliphatic heterocycles. The van der Waals surface area contributed by atoms with Crippen molar-refractivity contribution in [3.8, 4) is 0 Å². The summed E-state index contributed by atoms with van der Waals surface area (Å²) in [5.74, 6) is -0.468. The van der Waals surface area contributed by atoms with Gasteiger partial charge in [0.2, 0.25) is 0 Å². The molecule has 2 heterocycles. The first-order valence-corrected chi connectivity index (χ1v) is 10.8. The number of carboxylic acid groups (broad SMARTS) is 1. The van der Waals surface area contributed by atoms with E-state index in [-0.39, 0.29) is 0 Å². The highest BCUT2D eigenvalue weighted by molar-refractivity contribution is 5.99. The van der Waals surface area contributed by atoms with Gasteiger partial charge in [0.05, 0.1) is 17.4 Å². The molecular formula is C27H23N3O2. The van der Waals surface area contributed by atoms with Crippen LogP contribution in [-0.2, 0) is 4.79 Å². The number of aliphatic carboxylic acids is 1. The molecule has 0 bridgehead atoms. The van der Waals surface area contributed by atoms with Crippen molar-refractivity contribution in [2.75, 3.05) is 0 Å². The summed E-state index contributed by atoms with van der Waals surface area (Å²) in [7, 11) is 0. The van der Waals surface area contributed by atoms with E-state index < -0.39 is 5.97 Å². The van der Waals surface area contributed by atoms with E-state index in [0.717, 1.165) is 39.5 Å². The second kappa shape index (κ2) is 8.63. The van der Waals surface area contributed by atoms with Gasteiger partial charge in [0.15, 0.2) is 0 Å². The standard InChI is InChI=1S/C27H23N3O2/c31-25(32)16-11-18-9-12-21(13-10-18)27(23-15-14-22-24(29-23)17-28-30-22)26(20-7-4-8-20)19-5-2-1-3-6-19/h1-3,5-6,9-17,20H,4,7-8H2,(H,28,30)(H,31,32). The van der Waals surface area contributed by atoms with Crippen LogP contribution in [0, 0.1) is 5.92 Å². The summed E-state index contributed by atoms with van der Waals surface area (Å²) in [6, 6.07) is 22.6. The molecule has 5 nitrogen and oxygen atoms in total. The number of fused-ring (bicyclic) bond motifs is 1. The van der Waals surface area contributed by atoms with Gasteiger partial charge in [0.1, 0.15) is 5.52 Å². The molecule has 0 atom stereocenters. The Bertz CT molecular complexity index is 1310. The maximum atomic E-state index is 10.9. The Labute approximate surface area is 186 Å². The predicted octanol–water partition coefficient (Wildman–Crippen LogP) is 5.81. The maximum Gasteiger partial charge on any atom is 0.328 e. The minimum absolute atomic E-state index is 0.487. The Hall–Kier alpha value is -3.99. The van der Waals surface area contributed by atoms with E-state index in [0.29, 0.717) is 5.92 Å². The van der Waals surface area contributed by atoms with Gasteiger partial charge < -0.3 is 5.11 Å². The normalized spacial score (nSPS) is 15.0. The van der Waals surface area contributed by atoms with Crippen molar-refractivity contribution in [1.82, 2.24) is 15.2 Å². The first-order valence-electron chi connectivity index (χ1n) is 10.8. The topological polar surface area (TPSA) is 78.9 Å². The van der Waals surface area contributed by atoms with Gasteiger partial charge in [-0.15, -0.1) is 0 Å².